The van der Waals surface area contributed by atoms with Gasteiger partial charge < -0.3 is 9.47 Å². The highest BCUT2D eigenvalue weighted by atomic mass is 79.9. The quantitative estimate of drug-likeness (QED) is 0.792. The smallest absolute Gasteiger partial charge is 0.338 e. The molecule has 0 fully saturated rings. The van der Waals surface area contributed by atoms with Gasteiger partial charge in [0.25, 0.3) is 0 Å². The monoisotopic (exact) mass is 322 g/mol. The average Bonchev–Trinajstić information content (AvgIpc) is 2.38. The molecule has 0 spiro atoms. The minimum atomic E-state index is -0.328. The highest BCUT2D eigenvalue weighted by Crippen LogP contribution is 2.30. The van der Waals surface area contributed by atoms with Crippen molar-refractivity contribution in [3.63, 3.8) is 0 Å². The molecule has 100 valence electrons. The summed E-state index contributed by atoms with van der Waals surface area (Å²) >= 11 is 3.43. The van der Waals surface area contributed by atoms with Crippen molar-refractivity contribution in [2.45, 2.75) is 13.8 Å². The molecule has 0 aliphatic carbocycles. The van der Waals surface area contributed by atoms with E-state index < -0.39 is 0 Å². The van der Waals surface area contributed by atoms with E-state index >= 15 is 0 Å². The van der Waals surface area contributed by atoms with Crippen LogP contribution in [-0.2, 0) is 4.74 Å². The first-order valence-corrected chi connectivity index (χ1v) is 6.98. The Morgan fingerprint density at radius 2 is 1.95 bits per heavy atom. The minimum Gasteiger partial charge on any atom is -0.493 e. The number of carbonyl (C=O) groups is 1. The molecule has 0 aliphatic heterocycles. The summed E-state index contributed by atoms with van der Waals surface area (Å²) in [5, 5.41) is 1.93. The van der Waals surface area contributed by atoms with Crippen LogP contribution in [0.1, 0.15) is 24.2 Å². The van der Waals surface area contributed by atoms with Crippen molar-refractivity contribution in [1.82, 2.24) is 0 Å². The molecule has 0 saturated carbocycles. The normalized spacial score (nSPS) is 10.5. The Morgan fingerprint density at radius 1 is 1.16 bits per heavy atom. The van der Waals surface area contributed by atoms with Crippen molar-refractivity contribution in [2.75, 3.05) is 13.2 Å². The maximum absolute atomic E-state index is 11.8. The van der Waals surface area contributed by atoms with Gasteiger partial charge in [0.15, 0.2) is 0 Å². The Morgan fingerprint density at radius 3 is 2.63 bits per heavy atom. The molecule has 0 aliphatic rings. The Hall–Kier alpha value is -1.55. The number of benzene rings is 2. The van der Waals surface area contributed by atoms with Crippen LogP contribution in [-0.4, -0.2) is 19.2 Å². The molecule has 3 nitrogen and oxygen atoms in total. The first kappa shape index (κ1) is 13.9. The summed E-state index contributed by atoms with van der Waals surface area (Å²) in [6.45, 7) is 4.62. The van der Waals surface area contributed by atoms with Gasteiger partial charge in [-0.3, -0.25) is 0 Å². The highest BCUT2D eigenvalue weighted by molar-refractivity contribution is 9.10. The van der Waals surface area contributed by atoms with E-state index in [0.717, 1.165) is 15.2 Å². The Labute approximate surface area is 120 Å². The van der Waals surface area contributed by atoms with Crippen molar-refractivity contribution in [1.29, 1.82) is 0 Å². The van der Waals surface area contributed by atoms with Crippen molar-refractivity contribution in [2.24, 2.45) is 0 Å². The molecule has 0 saturated heterocycles. The maximum Gasteiger partial charge on any atom is 0.338 e. The predicted molar refractivity (Wildman–Crippen MR) is 78.8 cm³/mol. The summed E-state index contributed by atoms with van der Waals surface area (Å²) < 4.78 is 11.6. The van der Waals surface area contributed by atoms with Gasteiger partial charge in [0.1, 0.15) is 5.75 Å². The standard InChI is InChI=1S/C15H15BrO3/c1-3-18-14-9-11(15(17)19-4-2)7-10-8-12(16)5-6-13(10)14/h5-9H,3-4H2,1-2H3. The first-order chi connectivity index (χ1) is 9.15. The molecule has 0 amide bonds. The van der Waals surface area contributed by atoms with Gasteiger partial charge in [0, 0.05) is 9.86 Å². The number of fused-ring (bicyclic) bond motifs is 1. The molecule has 2 aromatic carbocycles. The molecule has 2 aromatic rings. The Balaban J connectivity index is 2.58. The lowest BCUT2D eigenvalue weighted by Crippen LogP contribution is -2.05. The fourth-order valence-electron chi connectivity index (χ4n) is 1.91. The molecular weight excluding hydrogens is 308 g/mol. The minimum absolute atomic E-state index is 0.328. The van der Waals surface area contributed by atoms with E-state index in [1.165, 1.54) is 0 Å². The summed E-state index contributed by atoms with van der Waals surface area (Å²) in [7, 11) is 0. The predicted octanol–water partition coefficient (Wildman–Crippen LogP) is 4.18. The van der Waals surface area contributed by atoms with E-state index in [0.29, 0.717) is 24.5 Å². The van der Waals surface area contributed by atoms with Crippen LogP contribution in [0.3, 0.4) is 0 Å². The largest absolute Gasteiger partial charge is 0.493 e. The summed E-state index contributed by atoms with van der Waals surface area (Å²) in [5.74, 6) is 0.376. The van der Waals surface area contributed by atoms with Gasteiger partial charge in [-0.1, -0.05) is 15.9 Å². The fourth-order valence-corrected chi connectivity index (χ4v) is 2.29. The van der Waals surface area contributed by atoms with E-state index in [-0.39, 0.29) is 5.97 Å². The number of rotatable bonds is 4. The highest BCUT2D eigenvalue weighted by Gasteiger charge is 2.12. The lowest BCUT2D eigenvalue weighted by atomic mass is 10.1. The third-order valence-corrected chi connectivity index (χ3v) is 3.18. The maximum atomic E-state index is 11.8. The SMILES string of the molecule is CCOC(=O)c1cc(OCC)c2ccc(Br)cc2c1. The van der Waals surface area contributed by atoms with Gasteiger partial charge in [0.05, 0.1) is 18.8 Å². The molecule has 0 bridgehead atoms. The Kier molecular flexibility index (Phi) is 4.43. The third-order valence-electron chi connectivity index (χ3n) is 2.69. The second-order valence-electron chi connectivity index (χ2n) is 3.99. The van der Waals surface area contributed by atoms with E-state index in [2.05, 4.69) is 15.9 Å². The van der Waals surface area contributed by atoms with Crippen LogP contribution in [0.25, 0.3) is 10.8 Å². The van der Waals surface area contributed by atoms with Crippen LogP contribution in [0.4, 0.5) is 0 Å². The van der Waals surface area contributed by atoms with Crippen molar-refractivity contribution < 1.29 is 14.3 Å². The van der Waals surface area contributed by atoms with Gasteiger partial charge in [-0.05, 0) is 49.6 Å². The second kappa shape index (κ2) is 6.06. The van der Waals surface area contributed by atoms with Crippen LogP contribution in [0.15, 0.2) is 34.8 Å². The van der Waals surface area contributed by atoms with E-state index in [1.54, 1.807) is 13.0 Å². The van der Waals surface area contributed by atoms with Gasteiger partial charge in [-0.2, -0.15) is 0 Å². The average molecular weight is 323 g/mol. The summed E-state index contributed by atoms with van der Waals surface area (Å²) in [6, 6.07) is 9.44. The van der Waals surface area contributed by atoms with E-state index in [4.69, 9.17) is 9.47 Å². The van der Waals surface area contributed by atoms with Crippen molar-refractivity contribution in [3.8, 4) is 5.75 Å². The lowest BCUT2D eigenvalue weighted by molar-refractivity contribution is 0.0526. The molecule has 0 atom stereocenters. The second-order valence-corrected chi connectivity index (χ2v) is 4.91. The first-order valence-electron chi connectivity index (χ1n) is 6.19. The molecule has 19 heavy (non-hydrogen) atoms. The molecule has 2 rings (SSSR count). The number of esters is 1. The van der Waals surface area contributed by atoms with Crippen molar-refractivity contribution in [3.05, 3.63) is 40.4 Å². The molecule has 0 N–H and O–H groups in total. The molecule has 0 aromatic heterocycles. The lowest BCUT2D eigenvalue weighted by Gasteiger charge is -2.10. The van der Waals surface area contributed by atoms with E-state index in [1.807, 2.05) is 31.2 Å². The zero-order chi connectivity index (χ0) is 13.8. The van der Waals surface area contributed by atoms with Gasteiger partial charge in [-0.25, -0.2) is 4.79 Å². The van der Waals surface area contributed by atoms with E-state index in [9.17, 15) is 4.79 Å². The summed E-state index contributed by atoms with van der Waals surface area (Å²) in [5.41, 5.74) is 0.510. The topological polar surface area (TPSA) is 35.5 Å². The van der Waals surface area contributed by atoms with Gasteiger partial charge in [-0.15, -0.1) is 0 Å². The molecule has 0 unspecified atom stereocenters. The number of carbonyl (C=O) groups excluding carboxylic acids is 1. The zero-order valence-electron chi connectivity index (χ0n) is 10.9. The van der Waals surface area contributed by atoms with Gasteiger partial charge >= 0.3 is 5.97 Å². The number of ether oxygens (including phenoxy) is 2. The number of hydrogen-bond acceptors (Lipinski definition) is 3. The third kappa shape index (κ3) is 3.07. The van der Waals surface area contributed by atoms with Crippen LogP contribution in [0.2, 0.25) is 0 Å². The molecule has 4 heteroatoms. The molecule has 0 radical (unpaired) electrons. The summed E-state index contributed by atoms with van der Waals surface area (Å²) in [6.07, 6.45) is 0. The molecule has 0 heterocycles. The van der Waals surface area contributed by atoms with Crippen LogP contribution in [0.5, 0.6) is 5.75 Å². The van der Waals surface area contributed by atoms with Gasteiger partial charge in [0.2, 0.25) is 0 Å². The van der Waals surface area contributed by atoms with Crippen LogP contribution in [0, 0.1) is 0 Å². The van der Waals surface area contributed by atoms with Crippen molar-refractivity contribution >= 4 is 32.7 Å². The van der Waals surface area contributed by atoms with Crippen LogP contribution >= 0.6 is 15.9 Å². The van der Waals surface area contributed by atoms with Crippen LogP contribution < -0.4 is 4.74 Å². The number of hydrogen-bond donors (Lipinski definition) is 0. The fraction of sp³-hybridized carbons (Fsp3) is 0.267. The summed E-state index contributed by atoms with van der Waals surface area (Å²) in [4.78, 5) is 11.8. The molecular formula is C15H15BrO3. The Bertz CT molecular complexity index is 608. The number of halogens is 1. The zero-order valence-corrected chi connectivity index (χ0v) is 12.5.